The van der Waals surface area contributed by atoms with E-state index in [1.807, 2.05) is 6.92 Å². The van der Waals surface area contributed by atoms with Gasteiger partial charge in [0, 0.05) is 4.47 Å². The molecule has 3 aromatic rings. The Labute approximate surface area is 230 Å². The number of halogens is 1. The minimum absolute atomic E-state index is 0.146. The van der Waals surface area contributed by atoms with E-state index in [1.54, 1.807) is 44.2 Å². The van der Waals surface area contributed by atoms with Crippen molar-refractivity contribution in [1.82, 2.24) is 4.57 Å². The second-order valence-corrected chi connectivity index (χ2v) is 10.1. The van der Waals surface area contributed by atoms with E-state index in [0.717, 1.165) is 0 Å². The van der Waals surface area contributed by atoms with Crippen LogP contribution in [0.25, 0.3) is 6.08 Å². The van der Waals surface area contributed by atoms with Crippen LogP contribution in [0, 0.1) is 0 Å². The first kappa shape index (κ1) is 27.3. The maximum absolute atomic E-state index is 13.8. The molecule has 1 N–H and O–H groups in total. The molecule has 0 saturated heterocycles. The number of benzene rings is 2. The first-order chi connectivity index (χ1) is 18.2. The van der Waals surface area contributed by atoms with Gasteiger partial charge < -0.3 is 19.3 Å². The molecule has 0 spiro atoms. The minimum Gasteiger partial charge on any atom is -0.493 e. The quantitative estimate of drug-likeness (QED) is 0.392. The van der Waals surface area contributed by atoms with Crippen molar-refractivity contribution in [1.29, 1.82) is 0 Å². The number of carbonyl (C=O) groups excluding carboxylic acids is 1. The number of nitrogens with zero attached hydrogens (tertiary/aromatic N) is 2. The Kier molecular flexibility index (Phi) is 8.17. The summed E-state index contributed by atoms with van der Waals surface area (Å²) in [6, 6.07) is 8.83. The summed E-state index contributed by atoms with van der Waals surface area (Å²) in [5.41, 5.74) is 1.72. The number of aromatic carboxylic acids is 1. The van der Waals surface area contributed by atoms with Crippen molar-refractivity contribution in [2.24, 2.45) is 4.99 Å². The van der Waals surface area contributed by atoms with E-state index < -0.39 is 18.0 Å². The second-order valence-electron chi connectivity index (χ2n) is 8.19. The van der Waals surface area contributed by atoms with Crippen molar-refractivity contribution in [2.45, 2.75) is 26.8 Å². The molecule has 11 heteroatoms. The summed E-state index contributed by atoms with van der Waals surface area (Å²) in [7, 11) is 1.52. The Bertz CT molecular complexity index is 1620. The number of carbonyl (C=O) groups is 2. The first-order valence-corrected chi connectivity index (χ1v) is 13.3. The van der Waals surface area contributed by atoms with Crippen LogP contribution in [0.4, 0.5) is 0 Å². The maximum Gasteiger partial charge on any atom is 0.338 e. The van der Waals surface area contributed by atoms with Gasteiger partial charge >= 0.3 is 11.9 Å². The molecule has 0 fully saturated rings. The van der Waals surface area contributed by atoms with Crippen LogP contribution in [0.3, 0.4) is 0 Å². The van der Waals surface area contributed by atoms with Gasteiger partial charge in [-0.3, -0.25) is 9.36 Å². The van der Waals surface area contributed by atoms with Crippen LogP contribution < -0.4 is 24.4 Å². The summed E-state index contributed by atoms with van der Waals surface area (Å²) >= 11 is 4.78. The summed E-state index contributed by atoms with van der Waals surface area (Å²) < 4.78 is 19.1. The number of fused-ring (bicyclic) bond motifs is 1. The van der Waals surface area contributed by atoms with E-state index in [-0.39, 0.29) is 23.3 Å². The lowest BCUT2D eigenvalue weighted by atomic mass is 9.95. The Morgan fingerprint density at radius 3 is 2.47 bits per heavy atom. The van der Waals surface area contributed by atoms with Gasteiger partial charge in [0.15, 0.2) is 16.3 Å². The third-order valence-corrected chi connectivity index (χ3v) is 7.52. The van der Waals surface area contributed by atoms with Crippen molar-refractivity contribution in [3.8, 4) is 11.5 Å². The molecule has 1 aliphatic heterocycles. The van der Waals surface area contributed by atoms with E-state index in [9.17, 15) is 14.4 Å². The number of esters is 1. The first-order valence-electron chi connectivity index (χ1n) is 11.7. The average molecular weight is 601 g/mol. The molecule has 2 aromatic carbocycles. The number of thiazole rings is 1. The largest absolute Gasteiger partial charge is 0.493 e. The number of hydrogen-bond donors (Lipinski definition) is 1. The highest BCUT2D eigenvalue weighted by Gasteiger charge is 2.35. The molecule has 1 aromatic heterocycles. The zero-order valence-electron chi connectivity index (χ0n) is 21.1. The Morgan fingerprint density at radius 1 is 1.16 bits per heavy atom. The molecule has 0 saturated carbocycles. The summed E-state index contributed by atoms with van der Waals surface area (Å²) in [5, 5.41) is 9.16. The van der Waals surface area contributed by atoms with Crippen molar-refractivity contribution in [2.75, 3.05) is 20.3 Å². The molecule has 4 rings (SSSR count). The predicted molar refractivity (Wildman–Crippen MR) is 146 cm³/mol. The lowest BCUT2D eigenvalue weighted by molar-refractivity contribution is -0.139. The summed E-state index contributed by atoms with van der Waals surface area (Å²) in [6.07, 6.45) is 1.67. The van der Waals surface area contributed by atoms with E-state index >= 15 is 0 Å². The van der Waals surface area contributed by atoms with E-state index in [4.69, 9.17) is 19.3 Å². The fourth-order valence-corrected chi connectivity index (χ4v) is 5.73. The average Bonchev–Trinajstić information content (AvgIpc) is 3.18. The zero-order chi connectivity index (χ0) is 27.6. The molecule has 0 amide bonds. The van der Waals surface area contributed by atoms with Gasteiger partial charge in [-0.2, -0.15) is 0 Å². The van der Waals surface area contributed by atoms with Gasteiger partial charge in [0.1, 0.15) is 0 Å². The van der Waals surface area contributed by atoms with Gasteiger partial charge in [0.05, 0.1) is 47.7 Å². The lowest BCUT2D eigenvalue weighted by Gasteiger charge is -2.26. The predicted octanol–water partition coefficient (Wildman–Crippen LogP) is 3.67. The third kappa shape index (κ3) is 5.16. The Balaban J connectivity index is 1.96. The van der Waals surface area contributed by atoms with E-state index in [0.29, 0.717) is 48.7 Å². The zero-order valence-corrected chi connectivity index (χ0v) is 23.5. The normalized spacial score (nSPS) is 15.1. The number of rotatable bonds is 8. The molecule has 9 nitrogen and oxygen atoms in total. The van der Waals surface area contributed by atoms with Crippen LogP contribution in [0.2, 0.25) is 0 Å². The van der Waals surface area contributed by atoms with E-state index in [1.165, 1.54) is 35.1 Å². The van der Waals surface area contributed by atoms with Gasteiger partial charge in [0.25, 0.3) is 5.56 Å². The van der Waals surface area contributed by atoms with Crippen LogP contribution in [-0.2, 0) is 9.53 Å². The molecular formula is C27H25BrN2O7S. The number of hydrogen-bond acceptors (Lipinski definition) is 8. The molecule has 0 unspecified atom stereocenters. The fourth-order valence-electron chi connectivity index (χ4n) is 4.15. The van der Waals surface area contributed by atoms with Crippen LogP contribution in [0.1, 0.15) is 48.3 Å². The van der Waals surface area contributed by atoms with Crippen LogP contribution in [0.15, 0.2) is 61.9 Å². The molecule has 2 heterocycles. The summed E-state index contributed by atoms with van der Waals surface area (Å²) in [6.45, 7) is 5.87. The van der Waals surface area contributed by atoms with Crippen molar-refractivity contribution in [3.05, 3.63) is 88.5 Å². The van der Waals surface area contributed by atoms with E-state index in [2.05, 4.69) is 20.9 Å². The smallest absolute Gasteiger partial charge is 0.338 e. The molecule has 0 aliphatic carbocycles. The standard InChI is InChI=1S/C27H25BrN2O7S/c1-5-36-20-13-18(28)17(12-19(20)35-4)23-22(26(34)37-6-2)14(3)29-27-30(23)24(31)21(38-27)11-15-7-9-16(10-8-15)25(32)33/h7-13,23H,5-6H2,1-4H3,(H,32,33)/b21-11+/t23-/m1/s1. The molecular weight excluding hydrogens is 576 g/mol. The monoisotopic (exact) mass is 600 g/mol. The van der Waals surface area contributed by atoms with Crippen molar-refractivity contribution >= 4 is 45.3 Å². The van der Waals surface area contributed by atoms with Crippen LogP contribution in [0.5, 0.6) is 11.5 Å². The van der Waals surface area contributed by atoms with Gasteiger partial charge in [-0.25, -0.2) is 14.6 Å². The number of aromatic nitrogens is 1. The third-order valence-electron chi connectivity index (χ3n) is 5.85. The van der Waals surface area contributed by atoms with Gasteiger partial charge in [0.2, 0.25) is 0 Å². The molecule has 0 bridgehead atoms. The fraction of sp³-hybridized carbons (Fsp3) is 0.259. The second kappa shape index (κ2) is 11.4. The number of allylic oxidation sites excluding steroid dienone is 1. The molecule has 1 aliphatic rings. The number of carboxylic acids is 1. The highest BCUT2D eigenvalue weighted by atomic mass is 79.9. The van der Waals surface area contributed by atoms with Crippen molar-refractivity contribution < 1.29 is 28.9 Å². The Morgan fingerprint density at radius 2 is 1.87 bits per heavy atom. The van der Waals surface area contributed by atoms with Crippen LogP contribution >= 0.6 is 27.3 Å². The lowest BCUT2D eigenvalue weighted by Crippen LogP contribution is -2.40. The van der Waals surface area contributed by atoms with Gasteiger partial charge in [-0.15, -0.1) is 0 Å². The number of carboxylic acid groups (broad SMARTS) is 1. The SMILES string of the molecule is CCOC(=O)C1=C(C)N=c2s/c(=C/c3ccc(C(=O)O)cc3)c(=O)n2[C@@H]1c1cc(OC)c(OCC)cc1Br. The minimum atomic E-state index is -1.03. The van der Waals surface area contributed by atoms with Gasteiger partial charge in [-0.05, 0) is 62.2 Å². The summed E-state index contributed by atoms with van der Waals surface area (Å²) in [4.78, 5) is 43.1. The summed E-state index contributed by atoms with van der Waals surface area (Å²) in [5.74, 6) is -0.643. The Hall–Kier alpha value is -3.70. The highest BCUT2D eigenvalue weighted by molar-refractivity contribution is 9.10. The molecule has 1 atom stereocenters. The number of methoxy groups -OCH3 is 1. The van der Waals surface area contributed by atoms with Crippen LogP contribution in [-0.4, -0.2) is 41.9 Å². The molecule has 198 valence electrons. The van der Waals surface area contributed by atoms with Crippen molar-refractivity contribution in [3.63, 3.8) is 0 Å². The maximum atomic E-state index is 13.8. The number of ether oxygens (including phenoxy) is 3. The molecule has 0 radical (unpaired) electrons. The highest BCUT2D eigenvalue weighted by Crippen LogP contribution is 2.41. The topological polar surface area (TPSA) is 116 Å². The van der Waals surface area contributed by atoms with Gasteiger partial charge in [-0.1, -0.05) is 39.4 Å². The molecule has 38 heavy (non-hydrogen) atoms.